The van der Waals surface area contributed by atoms with Crippen LogP contribution < -0.4 is 5.32 Å². The van der Waals surface area contributed by atoms with Crippen LogP contribution in [0.3, 0.4) is 0 Å². The quantitative estimate of drug-likeness (QED) is 0.745. The molecule has 2 rings (SSSR count). The number of carboxylic acids is 1. The van der Waals surface area contributed by atoms with E-state index in [1.807, 2.05) is 0 Å². The van der Waals surface area contributed by atoms with Crippen molar-refractivity contribution in [3.63, 3.8) is 0 Å². The predicted octanol–water partition coefficient (Wildman–Crippen LogP) is 0.809. The Kier molecular flexibility index (Phi) is 3.52. The summed E-state index contributed by atoms with van der Waals surface area (Å²) in [5.41, 5.74) is -2.03. The number of carboxylic acid groups (broad SMARTS) is 1. The lowest BCUT2D eigenvalue weighted by molar-refractivity contribution is -0.156. The lowest BCUT2D eigenvalue weighted by Gasteiger charge is -2.21. The zero-order valence-corrected chi connectivity index (χ0v) is 11.0. The first-order chi connectivity index (χ1) is 9.28. The van der Waals surface area contributed by atoms with Crippen molar-refractivity contribution in [3.05, 3.63) is 35.6 Å². The van der Waals surface area contributed by atoms with Gasteiger partial charge >= 0.3 is 5.97 Å². The summed E-state index contributed by atoms with van der Waals surface area (Å²) in [4.78, 5) is 22.9. The van der Waals surface area contributed by atoms with Gasteiger partial charge in [-0.15, -0.1) is 0 Å². The van der Waals surface area contributed by atoms with Crippen molar-refractivity contribution in [2.75, 3.05) is 6.54 Å². The standard InChI is InChI=1S/C14H16FNO4/c1-13(20,12(18)19)8-16-11(17)14(6-7-14)9-2-4-10(15)5-3-9/h2-5,20H,6-8H2,1H3,(H,16,17)(H,18,19). The largest absolute Gasteiger partial charge is 0.479 e. The van der Waals surface area contributed by atoms with Gasteiger partial charge in [0.15, 0.2) is 5.60 Å². The van der Waals surface area contributed by atoms with Crippen LogP contribution in [0.1, 0.15) is 25.3 Å². The number of carbonyl (C=O) groups is 2. The summed E-state index contributed by atoms with van der Waals surface area (Å²) in [5, 5.41) is 20.8. The van der Waals surface area contributed by atoms with E-state index in [9.17, 15) is 19.1 Å². The van der Waals surface area contributed by atoms with Crippen molar-refractivity contribution in [1.82, 2.24) is 5.32 Å². The number of nitrogens with one attached hydrogen (secondary N) is 1. The second kappa shape index (κ2) is 4.86. The first-order valence-corrected chi connectivity index (χ1v) is 6.28. The average molecular weight is 281 g/mol. The maximum absolute atomic E-state index is 12.9. The molecule has 0 aromatic heterocycles. The topological polar surface area (TPSA) is 86.6 Å². The van der Waals surface area contributed by atoms with Gasteiger partial charge in [0.1, 0.15) is 5.82 Å². The fourth-order valence-electron chi connectivity index (χ4n) is 2.04. The van der Waals surface area contributed by atoms with Crippen LogP contribution >= 0.6 is 0 Å². The molecule has 0 radical (unpaired) electrons. The summed E-state index contributed by atoms with van der Waals surface area (Å²) in [6, 6.07) is 5.68. The molecule has 1 saturated carbocycles. The maximum Gasteiger partial charge on any atom is 0.337 e. The van der Waals surface area contributed by atoms with Crippen LogP contribution in [0, 0.1) is 5.82 Å². The number of benzene rings is 1. The number of halogens is 1. The third kappa shape index (κ3) is 2.65. The van der Waals surface area contributed by atoms with E-state index in [0.29, 0.717) is 18.4 Å². The molecule has 0 aliphatic heterocycles. The molecule has 5 nitrogen and oxygen atoms in total. The lowest BCUT2D eigenvalue weighted by atomic mass is 9.94. The van der Waals surface area contributed by atoms with Crippen LogP contribution in [-0.2, 0) is 15.0 Å². The number of aliphatic hydroxyl groups is 1. The van der Waals surface area contributed by atoms with Crippen LogP contribution in [0.2, 0.25) is 0 Å². The van der Waals surface area contributed by atoms with E-state index in [1.54, 1.807) is 12.1 Å². The number of rotatable bonds is 5. The van der Waals surface area contributed by atoms with Gasteiger partial charge in [0.05, 0.1) is 12.0 Å². The van der Waals surface area contributed by atoms with Gasteiger partial charge in [-0.3, -0.25) is 4.79 Å². The molecule has 1 aliphatic rings. The molecule has 1 unspecified atom stereocenters. The maximum atomic E-state index is 12.9. The molecule has 20 heavy (non-hydrogen) atoms. The summed E-state index contributed by atoms with van der Waals surface area (Å²) < 4.78 is 12.9. The fraction of sp³-hybridized carbons (Fsp3) is 0.429. The Balaban J connectivity index is 2.06. The Morgan fingerprint density at radius 1 is 1.35 bits per heavy atom. The van der Waals surface area contributed by atoms with Gasteiger partial charge in [-0.25, -0.2) is 9.18 Å². The van der Waals surface area contributed by atoms with E-state index < -0.39 is 17.0 Å². The normalized spacial score (nSPS) is 18.9. The number of carbonyl (C=O) groups excluding carboxylic acids is 1. The molecule has 0 heterocycles. The first-order valence-electron chi connectivity index (χ1n) is 6.28. The smallest absolute Gasteiger partial charge is 0.337 e. The summed E-state index contributed by atoms with van der Waals surface area (Å²) >= 11 is 0. The van der Waals surface area contributed by atoms with Crippen LogP contribution in [0.15, 0.2) is 24.3 Å². The van der Waals surface area contributed by atoms with Crippen molar-refractivity contribution in [3.8, 4) is 0 Å². The molecular weight excluding hydrogens is 265 g/mol. The Bertz CT molecular complexity index is 535. The molecule has 1 fully saturated rings. The highest BCUT2D eigenvalue weighted by molar-refractivity contribution is 5.91. The van der Waals surface area contributed by atoms with Gasteiger partial charge < -0.3 is 15.5 Å². The molecular formula is C14H16FNO4. The second-order valence-electron chi connectivity index (χ2n) is 5.35. The van der Waals surface area contributed by atoms with E-state index >= 15 is 0 Å². The average Bonchev–Trinajstić information content (AvgIpc) is 3.18. The van der Waals surface area contributed by atoms with Crippen LogP contribution in [-0.4, -0.2) is 34.2 Å². The number of aliphatic carboxylic acids is 1. The summed E-state index contributed by atoms with van der Waals surface area (Å²) in [7, 11) is 0. The fourth-order valence-corrected chi connectivity index (χ4v) is 2.04. The SMILES string of the molecule is CC(O)(CNC(=O)C1(c2ccc(F)cc2)CC1)C(=O)O. The molecule has 1 aromatic carbocycles. The number of amides is 1. The predicted molar refractivity (Wildman–Crippen MR) is 68.6 cm³/mol. The van der Waals surface area contributed by atoms with E-state index in [-0.39, 0.29) is 18.3 Å². The number of hydrogen-bond acceptors (Lipinski definition) is 3. The summed E-state index contributed by atoms with van der Waals surface area (Å²) in [5.74, 6) is -2.12. The van der Waals surface area contributed by atoms with Crippen molar-refractivity contribution in [2.24, 2.45) is 0 Å². The van der Waals surface area contributed by atoms with Crippen molar-refractivity contribution in [1.29, 1.82) is 0 Å². The minimum Gasteiger partial charge on any atom is -0.479 e. The molecule has 1 aromatic rings. The van der Waals surface area contributed by atoms with Gasteiger partial charge in [-0.05, 0) is 37.5 Å². The summed E-state index contributed by atoms with van der Waals surface area (Å²) in [6.07, 6.45) is 1.25. The van der Waals surface area contributed by atoms with Gasteiger partial charge in [-0.2, -0.15) is 0 Å². The molecule has 3 N–H and O–H groups in total. The van der Waals surface area contributed by atoms with Crippen LogP contribution in [0.25, 0.3) is 0 Å². The highest BCUT2D eigenvalue weighted by Gasteiger charge is 2.51. The highest BCUT2D eigenvalue weighted by atomic mass is 19.1. The third-order valence-corrected chi connectivity index (χ3v) is 3.64. The highest BCUT2D eigenvalue weighted by Crippen LogP contribution is 2.48. The van der Waals surface area contributed by atoms with E-state index in [4.69, 9.17) is 5.11 Å². The minimum absolute atomic E-state index is 0.342. The molecule has 0 spiro atoms. The monoisotopic (exact) mass is 281 g/mol. The molecule has 1 amide bonds. The Hall–Kier alpha value is -1.95. The van der Waals surface area contributed by atoms with E-state index in [0.717, 1.165) is 6.92 Å². The Morgan fingerprint density at radius 2 is 1.90 bits per heavy atom. The first kappa shape index (κ1) is 14.5. The van der Waals surface area contributed by atoms with E-state index in [2.05, 4.69) is 5.32 Å². The van der Waals surface area contributed by atoms with Crippen molar-refractivity contribution in [2.45, 2.75) is 30.8 Å². The molecule has 0 saturated heterocycles. The van der Waals surface area contributed by atoms with Crippen molar-refractivity contribution >= 4 is 11.9 Å². The van der Waals surface area contributed by atoms with Gasteiger partial charge in [-0.1, -0.05) is 12.1 Å². The van der Waals surface area contributed by atoms with Crippen LogP contribution in [0.5, 0.6) is 0 Å². The van der Waals surface area contributed by atoms with Gasteiger partial charge in [0.2, 0.25) is 5.91 Å². The Labute approximate surface area is 115 Å². The molecule has 1 atom stereocenters. The zero-order valence-electron chi connectivity index (χ0n) is 11.0. The molecule has 0 bridgehead atoms. The molecule has 6 heteroatoms. The van der Waals surface area contributed by atoms with Gasteiger partial charge in [0.25, 0.3) is 0 Å². The van der Waals surface area contributed by atoms with Gasteiger partial charge in [0, 0.05) is 0 Å². The lowest BCUT2D eigenvalue weighted by Crippen LogP contribution is -2.48. The summed E-state index contributed by atoms with van der Waals surface area (Å²) in [6.45, 7) is 0.747. The minimum atomic E-state index is -2.01. The number of hydrogen-bond donors (Lipinski definition) is 3. The second-order valence-corrected chi connectivity index (χ2v) is 5.35. The Morgan fingerprint density at radius 3 is 2.35 bits per heavy atom. The molecule has 1 aliphatic carbocycles. The van der Waals surface area contributed by atoms with E-state index in [1.165, 1.54) is 12.1 Å². The third-order valence-electron chi connectivity index (χ3n) is 3.64. The van der Waals surface area contributed by atoms with Crippen LogP contribution in [0.4, 0.5) is 4.39 Å². The molecule has 108 valence electrons. The zero-order chi connectivity index (χ0) is 15.0. The van der Waals surface area contributed by atoms with Crippen molar-refractivity contribution < 1.29 is 24.2 Å².